The molecule has 1 aliphatic heterocycles. The van der Waals surface area contributed by atoms with Crippen molar-refractivity contribution in [2.75, 3.05) is 0 Å². The van der Waals surface area contributed by atoms with Crippen LogP contribution < -0.4 is 4.74 Å². The molecule has 1 unspecified atom stereocenters. The van der Waals surface area contributed by atoms with Gasteiger partial charge in [0.1, 0.15) is 5.75 Å². The SMILES string of the molecule is Cc1ccc(C2(c3ccccc3)C=Cc3c4c(c5ccccc5c3O2)-c2ccccc2CC4)cc1. The van der Waals surface area contributed by atoms with Gasteiger partial charge >= 0.3 is 0 Å². The molecule has 1 atom stereocenters. The predicted molar refractivity (Wildman–Crippen MR) is 145 cm³/mol. The van der Waals surface area contributed by atoms with E-state index in [0.29, 0.717) is 0 Å². The number of fused-ring (bicyclic) bond motifs is 8. The summed E-state index contributed by atoms with van der Waals surface area (Å²) in [5.74, 6) is 0.991. The van der Waals surface area contributed by atoms with E-state index in [0.717, 1.165) is 29.7 Å². The van der Waals surface area contributed by atoms with Gasteiger partial charge in [-0.1, -0.05) is 115 Å². The molecule has 0 aromatic heterocycles. The molecule has 1 nitrogen and oxygen atoms in total. The van der Waals surface area contributed by atoms with Crippen molar-refractivity contribution in [3.05, 3.63) is 143 Å². The van der Waals surface area contributed by atoms with Crippen LogP contribution in [0.5, 0.6) is 5.75 Å². The lowest BCUT2D eigenvalue weighted by atomic mass is 9.77. The van der Waals surface area contributed by atoms with E-state index < -0.39 is 5.60 Å². The van der Waals surface area contributed by atoms with Crippen LogP contribution >= 0.6 is 0 Å². The zero-order valence-corrected chi connectivity index (χ0v) is 19.8. The Kier molecular flexibility index (Phi) is 4.47. The quantitative estimate of drug-likeness (QED) is 0.263. The summed E-state index contributed by atoms with van der Waals surface area (Å²) in [7, 11) is 0. The molecule has 0 amide bonds. The Morgan fingerprint density at radius 2 is 1.34 bits per heavy atom. The van der Waals surface area contributed by atoms with Crippen LogP contribution in [0.3, 0.4) is 0 Å². The normalized spacial score (nSPS) is 17.9. The molecule has 5 aromatic rings. The van der Waals surface area contributed by atoms with Crippen molar-refractivity contribution in [1.82, 2.24) is 0 Å². The van der Waals surface area contributed by atoms with E-state index in [1.165, 1.54) is 44.2 Å². The summed E-state index contributed by atoms with van der Waals surface area (Å²) in [5, 5.41) is 2.45. The summed E-state index contributed by atoms with van der Waals surface area (Å²) in [4.78, 5) is 0. The van der Waals surface area contributed by atoms with E-state index in [4.69, 9.17) is 4.74 Å². The highest BCUT2D eigenvalue weighted by Crippen LogP contribution is 2.51. The van der Waals surface area contributed by atoms with Crippen LogP contribution in [0, 0.1) is 6.92 Å². The summed E-state index contributed by atoms with van der Waals surface area (Å²) in [5.41, 5.74) is 9.65. The monoisotopic (exact) mass is 450 g/mol. The number of ether oxygens (including phenoxy) is 1. The highest BCUT2D eigenvalue weighted by Gasteiger charge is 2.39. The fourth-order valence-corrected chi connectivity index (χ4v) is 5.93. The fourth-order valence-electron chi connectivity index (χ4n) is 5.93. The van der Waals surface area contributed by atoms with Gasteiger partial charge in [-0.15, -0.1) is 0 Å². The fraction of sp³-hybridized carbons (Fsp3) is 0.118. The maximum atomic E-state index is 7.21. The first-order valence-electron chi connectivity index (χ1n) is 12.4. The van der Waals surface area contributed by atoms with Gasteiger partial charge in [-0.05, 0) is 53.5 Å². The number of aryl methyl sites for hydroxylation is 2. The Morgan fingerprint density at radius 3 is 2.17 bits per heavy atom. The first-order chi connectivity index (χ1) is 17.2. The number of benzene rings is 5. The molecule has 0 saturated carbocycles. The second-order valence-electron chi connectivity index (χ2n) is 9.70. The van der Waals surface area contributed by atoms with Gasteiger partial charge in [0, 0.05) is 22.1 Å². The van der Waals surface area contributed by atoms with Gasteiger partial charge in [0.05, 0.1) is 0 Å². The molecule has 1 aliphatic carbocycles. The predicted octanol–water partition coefficient (Wildman–Crippen LogP) is 8.26. The molecular weight excluding hydrogens is 424 g/mol. The first-order valence-corrected chi connectivity index (χ1v) is 12.4. The molecule has 1 heterocycles. The van der Waals surface area contributed by atoms with Crippen LogP contribution in [-0.4, -0.2) is 0 Å². The summed E-state index contributed by atoms with van der Waals surface area (Å²) in [6, 6.07) is 37.0. The van der Waals surface area contributed by atoms with Crippen LogP contribution in [0.4, 0.5) is 0 Å². The molecule has 0 radical (unpaired) electrons. The zero-order valence-electron chi connectivity index (χ0n) is 19.8. The third-order valence-electron chi connectivity index (χ3n) is 7.67. The minimum atomic E-state index is -0.675. The first kappa shape index (κ1) is 20.3. The highest BCUT2D eigenvalue weighted by molar-refractivity contribution is 6.06. The largest absolute Gasteiger partial charge is 0.472 e. The van der Waals surface area contributed by atoms with Gasteiger partial charge in [-0.3, -0.25) is 0 Å². The molecule has 0 bridgehead atoms. The van der Waals surface area contributed by atoms with Crippen molar-refractivity contribution in [3.63, 3.8) is 0 Å². The van der Waals surface area contributed by atoms with E-state index in [2.05, 4.69) is 122 Å². The summed E-state index contributed by atoms with van der Waals surface area (Å²) >= 11 is 0. The topological polar surface area (TPSA) is 9.23 Å². The van der Waals surface area contributed by atoms with Crippen molar-refractivity contribution in [1.29, 1.82) is 0 Å². The molecule has 0 N–H and O–H groups in total. The summed E-state index contributed by atoms with van der Waals surface area (Å²) in [6.07, 6.45) is 6.68. The van der Waals surface area contributed by atoms with E-state index in [9.17, 15) is 0 Å². The van der Waals surface area contributed by atoms with Crippen LogP contribution in [0.15, 0.2) is 109 Å². The van der Waals surface area contributed by atoms with Crippen molar-refractivity contribution in [2.45, 2.75) is 25.4 Å². The summed E-state index contributed by atoms with van der Waals surface area (Å²) < 4.78 is 7.21. The van der Waals surface area contributed by atoms with Crippen LogP contribution in [0.2, 0.25) is 0 Å². The number of hydrogen-bond donors (Lipinski definition) is 0. The molecule has 0 saturated heterocycles. The van der Waals surface area contributed by atoms with Gasteiger partial charge in [-0.2, -0.15) is 0 Å². The second kappa shape index (κ2) is 7.71. The average Bonchev–Trinajstić information content (AvgIpc) is 2.93. The molecule has 5 aromatic carbocycles. The Balaban J connectivity index is 1.53. The van der Waals surface area contributed by atoms with Crippen molar-refractivity contribution in [2.24, 2.45) is 0 Å². The maximum absolute atomic E-state index is 7.21. The maximum Gasteiger partial charge on any atom is 0.178 e. The molecule has 7 rings (SSSR count). The molecule has 1 heteroatoms. The van der Waals surface area contributed by atoms with Crippen molar-refractivity contribution < 1.29 is 4.74 Å². The van der Waals surface area contributed by atoms with Crippen molar-refractivity contribution in [3.8, 4) is 16.9 Å². The van der Waals surface area contributed by atoms with Crippen LogP contribution in [0.1, 0.15) is 33.4 Å². The molecule has 168 valence electrons. The lowest BCUT2D eigenvalue weighted by Crippen LogP contribution is -2.34. The van der Waals surface area contributed by atoms with Gasteiger partial charge in [0.2, 0.25) is 0 Å². The average molecular weight is 451 g/mol. The number of hydrogen-bond acceptors (Lipinski definition) is 1. The lowest BCUT2D eigenvalue weighted by Gasteiger charge is -2.38. The minimum absolute atomic E-state index is 0.675. The van der Waals surface area contributed by atoms with E-state index in [-0.39, 0.29) is 0 Å². The third kappa shape index (κ3) is 3.01. The van der Waals surface area contributed by atoms with Crippen LogP contribution in [-0.2, 0) is 18.4 Å². The Morgan fingerprint density at radius 1 is 0.657 bits per heavy atom. The highest BCUT2D eigenvalue weighted by atomic mass is 16.5. The van der Waals surface area contributed by atoms with Crippen LogP contribution in [0.25, 0.3) is 28.0 Å². The van der Waals surface area contributed by atoms with E-state index in [1.54, 1.807) is 0 Å². The second-order valence-corrected chi connectivity index (χ2v) is 9.70. The molecular formula is C34H26O. The minimum Gasteiger partial charge on any atom is -0.472 e. The Bertz CT molecular complexity index is 1610. The Hall–Kier alpha value is -4.10. The smallest absolute Gasteiger partial charge is 0.178 e. The van der Waals surface area contributed by atoms with E-state index in [1.807, 2.05) is 0 Å². The zero-order chi connectivity index (χ0) is 23.4. The van der Waals surface area contributed by atoms with Gasteiger partial charge < -0.3 is 4.74 Å². The third-order valence-corrected chi connectivity index (χ3v) is 7.67. The molecule has 2 aliphatic rings. The van der Waals surface area contributed by atoms with Crippen molar-refractivity contribution >= 4 is 16.8 Å². The standard InChI is InChI=1S/C34H26O/c1-23-15-18-26(19-16-23)34(25-10-3-2-4-11-25)22-21-31-29-20-17-24-9-5-6-12-27(24)32(29)28-13-7-8-14-30(28)33(31)35-34/h2-16,18-19,21-22H,17,20H2,1H3. The van der Waals surface area contributed by atoms with Gasteiger partial charge in [-0.25, -0.2) is 0 Å². The molecule has 0 fully saturated rings. The number of rotatable bonds is 2. The van der Waals surface area contributed by atoms with Gasteiger partial charge in [0.15, 0.2) is 5.60 Å². The molecule has 35 heavy (non-hydrogen) atoms. The Labute approximate surface area is 206 Å². The summed E-state index contributed by atoms with van der Waals surface area (Å²) in [6.45, 7) is 2.13. The van der Waals surface area contributed by atoms with E-state index >= 15 is 0 Å². The molecule has 0 spiro atoms. The van der Waals surface area contributed by atoms with Gasteiger partial charge in [0.25, 0.3) is 0 Å². The lowest BCUT2D eigenvalue weighted by molar-refractivity contribution is 0.163.